The van der Waals surface area contributed by atoms with E-state index in [2.05, 4.69) is 21.8 Å². The van der Waals surface area contributed by atoms with Crippen LogP contribution in [0.15, 0.2) is 30.6 Å². The largest absolute Gasteiger partial charge is 0.493 e. The van der Waals surface area contributed by atoms with E-state index in [1.807, 2.05) is 12.1 Å². The quantitative estimate of drug-likeness (QED) is 0.469. The summed E-state index contributed by atoms with van der Waals surface area (Å²) in [6, 6.07) is 7.26. The Morgan fingerprint density at radius 1 is 1.18 bits per heavy atom. The Balaban J connectivity index is 1.27. The zero-order chi connectivity index (χ0) is 23.3. The highest BCUT2D eigenvalue weighted by Gasteiger charge is 2.46. The molecule has 0 radical (unpaired) electrons. The first-order valence-corrected chi connectivity index (χ1v) is 11.7. The molecule has 1 saturated heterocycles. The van der Waals surface area contributed by atoms with E-state index >= 15 is 0 Å². The van der Waals surface area contributed by atoms with E-state index in [4.69, 9.17) is 38.4 Å². The monoisotopic (exact) mass is 490 g/mol. The van der Waals surface area contributed by atoms with Crippen LogP contribution in [0.4, 0.5) is 15.9 Å². The molecule has 0 spiro atoms. The van der Waals surface area contributed by atoms with Gasteiger partial charge in [-0.2, -0.15) is 0 Å². The van der Waals surface area contributed by atoms with Crippen LogP contribution < -0.4 is 20.1 Å². The summed E-state index contributed by atoms with van der Waals surface area (Å²) in [5.74, 6) is 2.59. The molecule has 9 heteroatoms. The third-order valence-corrected chi connectivity index (χ3v) is 7.92. The number of ether oxygens (including phenoxy) is 2. The maximum atomic E-state index is 14.7. The third kappa shape index (κ3) is 3.91. The second-order valence-electron chi connectivity index (χ2n) is 8.94. The Morgan fingerprint density at radius 3 is 2.76 bits per heavy atom. The average molecular weight is 491 g/mol. The number of anilines is 2. The number of halogens is 3. The van der Waals surface area contributed by atoms with Crippen LogP contribution in [-0.4, -0.2) is 36.3 Å². The van der Waals surface area contributed by atoms with Crippen molar-refractivity contribution < 1.29 is 13.9 Å². The van der Waals surface area contributed by atoms with Crippen molar-refractivity contribution in [3.63, 3.8) is 0 Å². The highest BCUT2D eigenvalue weighted by Crippen LogP contribution is 2.48. The maximum Gasteiger partial charge on any atom is 0.166 e. The SMILES string of the molecule is COc1cc2c(N)ncnc2cc1OC[C@@H]1C[C@H]2CN(c3ccc(Cl)c(Cl)c3F)[C@H](C)[C@@H]2C1. The molecule has 4 atom stereocenters. The van der Waals surface area contributed by atoms with Gasteiger partial charge in [0.15, 0.2) is 17.3 Å². The topological polar surface area (TPSA) is 73.5 Å². The van der Waals surface area contributed by atoms with Gasteiger partial charge >= 0.3 is 0 Å². The van der Waals surface area contributed by atoms with E-state index in [0.717, 1.165) is 30.3 Å². The number of methoxy groups -OCH3 is 1. The molecule has 1 aliphatic carbocycles. The summed E-state index contributed by atoms with van der Waals surface area (Å²) in [5, 5.41) is 0.960. The molecule has 3 aromatic rings. The molecule has 6 nitrogen and oxygen atoms in total. The second-order valence-corrected chi connectivity index (χ2v) is 9.72. The van der Waals surface area contributed by atoms with Crippen LogP contribution in [0.25, 0.3) is 10.9 Å². The minimum absolute atomic E-state index is 0.0129. The highest BCUT2D eigenvalue weighted by molar-refractivity contribution is 6.42. The summed E-state index contributed by atoms with van der Waals surface area (Å²) in [4.78, 5) is 10.4. The van der Waals surface area contributed by atoms with E-state index in [-0.39, 0.29) is 16.1 Å². The summed E-state index contributed by atoms with van der Waals surface area (Å²) in [5.41, 5.74) is 7.20. The van der Waals surface area contributed by atoms with Crippen LogP contribution in [0.3, 0.4) is 0 Å². The number of aromatic nitrogens is 2. The van der Waals surface area contributed by atoms with Crippen LogP contribution in [0.5, 0.6) is 11.5 Å². The number of rotatable bonds is 5. The van der Waals surface area contributed by atoms with E-state index in [9.17, 15) is 4.39 Å². The fourth-order valence-corrected chi connectivity index (χ4v) is 5.79. The zero-order valence-corrected chi connectivity index (χ0v) is 19.9. The van der Waals surface area contributed by atoms with Crippen molar-refractivity contribution in [3.05, 3.63) is 46.5 Å². The number of nitrogens with two attached hydrogens (primary N) is 1. The first-order chi connectivity index (χ1) is 15.9. The molecule has 0 unspecified atom stereocenters. The fraction of sp³-hybridized carbons (Fsp3) is 0.417. The van der Waals surface area contributed by atoms with E-state index in [1.54, 1.807) is 19.2 Å². The molecule has 1 saturated carbocycles. The average Bonchev–Trinajstić information content (AvgIpc) is 3.34. The van der Waals surface area contributed by atoms with Crippen LogP contribution in [0.2, 0.25) is 10.0 Å². The van der Waals surface area contributed by atoms with E-state index in [1.165, 1.54) is 6.33 Å². The molecular formula is C24H25Cl2FN4O2. The van der Waals surface area contributed by atoms with Gasteiger partial charge in [0, 0.05) is 24.0 Å². The maximum absolute atomic E-state index is 14.7. The number of benzene rings is 2. The number of nitrogen functional groups attached to an aromatic ring is 1. The lowest BCUT2D eigenvalue weighted by Gasteiger charge is -2.28. The summed E-state index contributed by atoms with van der Waals surface area (Å²) in [6.07, 6.45) is 3.49. The molecule has 0 bridgehead atoms. The van der Waals surface area contributed by atoms with Gasteiger partial charge in [-0.1, -0.05) is 23.2 Å². The van der Waals surface area contributed by atoms with Crippen molar-refractivity contribution in [1.29, 1.82) is 0 Å². The Kier molecular flexibility index (Phi) is 5.87. The van der Waals surface area contributed by atoms with Crippen LogP contribution in [0, 0.1) is 23.6 Å². The summed E-state index contributed by atoms with van der Waals surface area (Å²) in [6.45, 7) is 3.54. The molecule has 174 valence electrons. The van der Waals surface area contributed by atoms with Gasteiger partial charge in [0.25, 0.3) is 0 Å². The molecule has 2 aliphatic rings. The Bertz CT molecular complexity index is 1210. The van der Waals surface area contributed by atoms with Crippen molar-refractivity contribution in [3.8, 4) is 11.5 Å². The molecule has 2 heterocycles. The fourth-order valence-electron chi connectivity index (χ4n) is 5.48. The zero-order valence-electron chi connectivity index (χ0n) is 18.4. The van der Waals surface area contributed by atoms with Gasteiger partial charge in [0.05, 0.1) is 35.0 Å². The molecule has 2 N–H and O–H groups in total. The Morgan fingerprint density at radius 2 is 2.00 bits per heavy atom. The van der Waals surface area contributed by atoms with Gasteiger partial charge < -0.3 is 20.1 Å². The predicted octanol–water partition coefficient (Wildman–Crippen LogP) is 5.60. The summed E-state index contributed by atoms with van der Waals surface area (Å²) >= 11 is 12.0. The molecule has 1 aromatic heterocycles. The van der Waals surface area contributed by atoms with Crippen molar-refractivity contribution in [1.82, 2.24) is 9.97 Å². The lowest BCUT2D eigenvalue weighted by molar-refractivity contribution is 0.234. The van der Waals surface area contributed by atoms with Crippen LogP contribution >= 0.6 is 23.2 Å². The molecule has 2 aromatic carbocycles. The highest BCUT2D eigenvalue weighted by atomic mass is 35.5. The van der Waals surface area contributed by atoms with Gasteiger partial charge in [-0.25, -0.2) is 14.4 Å². The van der Waals surface area contributed by atoms with Gasteiger partial charge in [-0.3, -0.25) is 0 Å². The third-order valence-electron chi connectivity index (χ3n) is 7.14. The number of fused-ring (bicyclic) bond motifs is 2. The Hall–Kier alpha value is -2.51. The number of hydrogen-bond acceptors (Lipinski definition) is 6. The first-order valence-electron chi connectivity index (χ1n) is 11.0. The first kappa shape index (κ1) is 22.3. The van der Waals surface area contributed by atoms with Crippen molar-refractivity contribution in [2.75, 3.05) is 30.9 Å². The molecule has 2 fully saturated rings. The van der Waals surface area contributed by atoms with Crippen LogP contribution in [-0.2, 0) is 0 Å². The summed E-state index contributed by atoms with van der Waals surface area (Å²) in [7, 11) is 1.60. The van der Waals surface area contributed by atoms with Crippen molar-refractivity contribution in [2.24, 2.45) is 17.8 Å². The van der Waals surface area contributed by atoms with Gasteiger partial charge in [0.1, 0.15) is 12.1 Å². The second kappa shape index (κ2) is 8.69. The van der Waals surface area contributed by atoms with E-state index in [0.29, 0.717) is 47.4 Å². The van der Waals surface area contributed by atoms with E-state index < -0.39 is 5.82 Å². The smallest absolute Gasteiger partial charge is 0.166 e. The van der Waals surface area contributed by atoms with Crippen LogP contribution in [0.1, 0.15) is 19.8 Å². The molecule has 5 rings (SSSR count). The molecule has 0 amide bonds. The van der Waals surface area contributed by atoms with Crippen molar-refractivity contribution in [2.45, 2.75) is 25.8 Å². The minimum Gasteiger partial charge on any atom is -0.493 e. The normalized spacial score (nSPS) is 24.3. The standard InChI is InChI=1S/C24H25Cl2FN4O2/c1-12-15-6-13(5-14(15)9-31(12)19-4-3-17(25)22(26)23(19)27)10-33-21-8-18-16(7-20(21)32-2)24(28)30-11-29-18/h3-4,7-8,11-15H,5-6,9-10H2,1-2H3,(H2,28,29,30)/t12-,13-,14+,15+/m1/s1. The molecular weight excluding hydrogens is 466 g/mol. The van der Waals surface area contributed by atoms with Gasteiger partial charge in [-0.15, -0.1) is 0 Å². The lowest BCUT2D eigenvalue weighted by Crippen LogP contribution is -2.31. The number of nitrogens with zero attached hydrogens (tertiary/aromatic N) is 3. The van der Waals surface area contributed by atoms with Gasteiger partial charge in [0.2, 0.25) is 0 Å². The Labute approximate surface area is 201 Å². The van der Waals surface area contributed by atoms with Gasteiger partial charge in [-0.05, 0) is 55.7 Å². The summed E-state index contributed by atoms with van der Waals surface area (Å²) < 4.78 is 26.4. The minimum atomic E-state index is -0.441. The molecule has 33 heavy (non-hydrogen) atoms. The molecule has 1 aliphatic heterocycles. The van der Waals surface area contributed by atoms with Crippen molar-refractivity contribution >= 4 is 45.6 Å². The number of hydrogen-bond donors (Lipinski definition) is 1. The predicted molar refractivity (Wildman–Crippen MR) is 129 cm³/mol. The lowest BCUT2D eigenvalue weighted by atomic mass is 9.95.